The van der Waals surface area contributed by atoms with Crippen LogP contribution in [0.3, 0.4) is 0 Å². The number of aliphatic hydroxyl groups is 1. The molecule has 0 aliphatic carbocycles. The van der Waals surface area contributed by atoms with Crippen LogP contribution in [-0.2, 0) is 10.4 Å². The Labute approximate surface area is 162 Å². The van der Waals surface area contributed by atoms with E-state index in [1.54, 1.807) is 0 Å². The van der Waals surface area contributed by atoms with E-state index in [0.717, 1.165) is 23.5 Å². The molecule has 0 fully saturated rings. The highest BCUT2D eigenvalue weighted by Gasteiger charge is 2.24. The molecule has 145 valence electrons. The van der Waals surface area contributed by atoms with Crippen LogP contribution < -0.4 is 16.5 Å². The third-order valence-electron chi connectivity index (χ3n) is 3.87. The minimum atomic E-state index is -1.42. The SMILES string of the molecule is CC(C)(O)c1cc(F)c(-c2cc(C(N)=O)c(NC3=N[N]C(=O)C=C3)s2)c(F)c1. The number of benzene rings is 1. The first-order chi connectivity index (χ1) is 13.1. The molecular weight excluding hydrogens is 390 g/mol. The topological polar surface area (TPSA) is 119 Å². The lowest BCUT2D eigenvalue weighted by molar-refractivity contribution is -0.116. The maximum atomic E-state index is 14.6. The Kier molecular flexibility index (Phi) is 5.01. The van der Waals surface area contributed by atoms with Crippen molar-refractivity contribution in [1.29, 1.82) is 0 Å². The van der Waals surface area contributed by atoms with Gasteiger partial charge in [-0.3, -0.25) is 9.59 Å². The number of hydrogen-bond donors (Lipinski definition) is 3. The van der Waals surface area contributed by atoms with E-state index < -0.39 is 29.0 Å². The Morgan fingerprint density at radius 1 is 1.21 bits per heavy atom. The second-order valence-corrected chi connectivity index (χ2v) is 7.53. The van der Waals surface area contributed by atoms with E-state index in [9.17, 15) is 23.5 Å². The zero-order valence-corrected chi connectivity index (χ0v) is 15.6. The number of primary amides is 1. The molecule has 2 amide bonds. The smallest absolute Gasteiger partial charge is 0.288 e. The number of rotatable bonds is 4. The summed E-state index contributed by atoms with van der Waals surface area (Å²) in [5.41, 5.74) is 7.01. The van der Waals surface area contributed by atoms with Gasteiger partial charge in [0.1, 0.15) is 16.6 Å². The van der Waals surface area contributed by atoms with E-state index >= 15 is 0 Å². The molecular formula is C18H15F2N4O3S. The third-order valence-corrected chi connectivity index (χ3v) is 4.94. The van der Waals surface area contributed by atoms with Crippen LogP contribution in [0.25, 0.3) is 10.4 Å². The summed E-state index contributed by atoms with van der Waals surface area (Å²) in [5.74, 6) is -2.97. The predicted molar refractivity (Wildman–Crippen MR) is 101 cm³/mol. The number of nitrogens with zero attached hydrogens (tertiary/aromatic N) is 2. The summed E-state index contributed by atoms with van der Waals surface area (Å²) in [7, 11) is 0. The summed E-state index contributed by atoms with van der Waals surface area (Å²) < 4.78 is 29.2. The van der Waals surface area contributed by atoms with Gasteiger partial charge in [0.2, 0.25) is 0 Å². The van der Waals surface area contributed by atoms with Gasteiger partial charge in [0.15, 0.2) is 5.84 Å². The summed E-state index contributed by atoms with van der Waals surface area (Å²) in [4.78, 5) is 22.9. The molecule has 4 N–H and O–H groups in total. The highest BCUT2D eigenvalue weighted by molar-refractivity contribution is 7.20. The number of amides is 2. The van der Waals surface area contributed by atoms with Gasteiger partial charge in [-0.05, 0) is 43.7 Å². The molecule has 0 saturated heterocycles. The standard InChI is InChI=1S/C18H15F2N4O3S/c1-18(2,27)8-5-10(19)15(11(20)6-8)12-7-9(16(21)26)17(28-12)22-13-3-4-14(25)24-23-13/h3-7,27H,1-2H3,(H2,21,26)(H,22,23). The van der Waals surface area contributed by atoms with E-state index in [0.29, 0.717) is 0 Å². The molecule has 2 aromatic rings. The number of amidine groups is 1. The van der Waals surface area contributed by atoms with E-state index in [-0.39, 0.29) is 32.4 Å². The molecule has 10 heteroatoms. The van der Waals surface area contributed by atoms with Crippen LogP contribution in [0.1, 0.15) is 29.8 Å². The van der Waals surface area contributed by atoms with Crippen molar-refractivity contribution in [2.24, 2.45) is 10.8 Å². The average Bonchev–Trinajstić information content (AvgIpc) is 2.99. The number of anilines is 1. The maximum absolute atomic E-state index is 14.6. The summed E-state index contributed by atoms with van der Waals surface area (Å²) >= 11 is 0.881. The minimum absolute atomic E-state index is 0.00151. The first-order valence-electron chi connectivity index (χ1n) is 8.00. The van der Waals surface area contributed by atoms with Crippen molar-refractivity contribution in [2.45, 2.75) is 19.4 Å². The van der Waals surface area contributed by atoms with E-state index in [1.165, 1.54) is 32.1 Å². The fraction of sp³-hybridized carbons (Fsp3) is 0.167. The molecule has 28 heavy (non-hydrogen) atoms. The molecule has 3 rings (SSSR count). The van der Waals surface area contributed by atoms with E-state index in [2.05, 4.69) is 15.8 Å². The Bertz CT molecular complexity index is 1010. The fourth-order valence-electron chi connectivity index (χ4n) is 2.45. The summed E-state index contributed by atoms with van der Waals surface area (Å²) in [6.07, 6.45) is 2.52. The molecule has 1 aliphatic heterocycles. The normalized spacial score (nSPS) is 13.9. The van der Waals surface area contributed by atoms with Gasteiger partial charge in [0.05, 0.1) is 16.7 Å². The Hall–Kier alpha value is -3.11. The van der Waals surface area contributed by atoms with Crippen molar-refractivity contribution in [3.8, 4) is 10.4 Å². The Morgan fingerprint density at radius 3 is 2.36 bits per heavy atom. The van der Waals surface area contributed by atoms with Crippen molar-refractivity contribution in [2.75, 3.05) is 5.32 Å². The van der Waals surface area contributed by atoms with Gasteiger partial charge < -0.3 is 16.2 Å². The monoisotopic (exact) mass is 405 g/mol. The molecule has 0 unspecified atom stereocenters. The lowest BCUT2D eigenvalue weighted by Crippen LogP contribution is -2.21. The van der Waals surface area contributed by atoms with Gasteiger partial charge in [-0.1, -0.05) is 0 Å². The minimum Gasteiger partial charge on any atom is -0.386 e. The van der Waals surface area contributed by atoms with Gasteiger partial charge in [-0.15, -0.1) is 21.9 Å². The number of thiophene rings is 1. The number of halogens is 2. The quantitative estimate of drug-likeness (QED) is 0.724. The Balaban J connectivity index is 2.03. The maximum Gasteiger partial charge on any atom is 0.288 e. The number of nitrogens with one attached hydrogen (secondary N) is 1. The molecule has 2 heterocycles. The molecule has 1 aliphatic rings. The van der Waals surface area contributed by atoms with Crippen LogP contribution in [0.2, 0.25) is 0 Å². The molecule has 0 bridgehead atoms. The number of carbonyl (C=O) groups excluding carboxylic acids is 2. The molecule has 1 aromatic carbocycles. The van der Waals surface area contributed by atoms with Crippen molar-refractivity contribution in [3.05, 3.63) is 53.1 Å². The first kappa shape index (κ1) is 19.6. The fourth-order valence-corrected chi connectivity index (χ4v) is 3.57. The first-order valence-corrected chi connectivity index (χ1v) is 8.81. The summed E-state index contributed by atoms with van der Waals surface area (Å²) in [6.45, 7) is 2.82. The van der Waals surface area contributed by atoms with Gasteiger partial charge in [-0.2, -0.15) is 0 Å². The average molecular weight is 405 g/mol. The van der Waals surface area contributed by atoms with Crippen LogP contribution in [-0.4, -0.2) is 22.8 Å². The van der Waals surface area contributed by atoms with Crippen LogP contribution in [0.5, 0.6) is 0 Å². The van der Waals surface area contributed by atoms with Crippen molar-refractivity contribution >= 4 is 34.0 Å². The predicted octanol–water partition coefficient (Wildman–Crippen LogP) is 2.45. The Morgan fingerprint density at radius 2 is 1.86 bits per heavy atom. The largest absolute Gasteiger partial charge is 0.386 e. The molecule has 0 spiro atoms. The highest BCUT2D eigenvalue weighted by Crippen LogP contribution is 2.39. The lowest BCUT2D eigenvalue weighted by atomic mass is 9.96. The van der Waals surface area contributed by atoms with E-state index in [1.807, 2.05) is 0 Å². The molecule has 1 aromatic heterocycles. The summed E-state index contributed by atoms with van der Waals surface area (Å²) in [5, 5.41) is 16.6. The lowest BCUT2D eigenvalue weighted by Gasteiger charge is -2.18. The van der Waals surface area contributed by atoms with Gasteiger partial charge >= 0.3 is 0 Å². The van der Waals surface area contributed by atoms with Gasteiger partial charge in [-0.25, -0.2) is 8.78 Å². The van der Waals surface area contributed by atoms with Crippen LogP contribution in [0.15, 0.2) is 35.5 Å². The zero-order chi connectivity index (χ0) is 20.6. The van der Waals surface area contributed by atoms with Crippen molar-refractivity contribution in [1.82, 2.24) is 5.43 Å². The van der Waals surface area contributed by atoms with Crippen LogP contribution in [0, 0.1) is 11.6 Å². The molecule has 1 radical (unpaired) electrons. The number of carbonyl (C=O) groups is 2. The highest BCUT2D eigenvalue weighted by atomic mass is 32.1. The van der Waals surface area contributed by atoms with Crippen molar-refractivity contribution in [3.63, 3.8) is 0 Å². The van der Waals surface area contributed by atoms with Crippen LogP contribution in [0.4, 0.5) is 13.8 Å². The zero-order valence-electron chi connectivity index (χ0n) is 14.8. The third kappa shape index (κ3) is 3.92. The molecule has 7 nitrogen and oxygen atoms in total. The van der Waals surface area contributed by atoms with Gasteiger partial charge in [0.25, 0.3) is 11.8 Å². The number of hydrogen-bond acceptors (Lipinski definition) is 6. The van der Waals surface area contributed by atoms with Crippen molar-refractivity contribution < 1.29 is 23.5 Å². The molecule has 0 atom stereocenters. The second kappa shape index (κ2) is 7.13. The number of nitrogens with two attached hydrogens (primary N) is 1. The second-order valence-electron chi connectivity index (χ2n) is 6.47. The van der Waals surface area contributed by atoms with E-state index in [4.69, 9.17) is 5.73 Å². The summed E-state index contributed by atoms with van der Waals surface area (Å²) in [6, 6.07) is 3.33. The molecule has 0 saturated carbocycles. The van der Waals surface area contributed by atoms with Crippen LogP contribution >= 0.6 is 11.3 Å². The van der Waals surface area contributed by atoms with Gasteiger partial charge in [0, 0.05) is 11.0 Å².